The summed E-state index contributed by atoms with van der Waals surface area (Å²) in [4.78, 5) is 10.2. The monoisotopic (exact) mass is 172 g/mol. The molecule has 0 radical (unpaired) electrons. The highest BCUT2D eigenvalue weighted by Crippen LogP contribution is 2.22. The van der Waals surface area contributed by atoms with Crippen molar-refractivity contribution in [1.82, 2.24) is 0 Å². The van der Waals surface area contributed by atoms with Gasteiger partial charge in [-0.15, -0.1) is 11.3 Å². The fourth-order valence-corrected chi connectivity index (χ4v) is 1.46. The molecule has 0 saturated heterocycles. The van der Waals surface area contributed by atoms with Gasteiger partial charge in [-0.05, 0) is 17.0 Å². The number of carbonyl (C=O) groups is 1. The SMILES string of the molecule is COc1cc(CC(=O)O)cs1. The molecular weight excluding hydrogens is 164 g/mol. The van der Waals surface area contributed by atoms with Crippen molar-refractivity contribution in [3.05, 3.63) is 17.0 Å². The highest BCUT2D eigenvalue weighted by molar-refractivity contribution is 7.12. The van der Waals surface area contributed by atoms with E-state index in [1.54, 1.807) is 18.6 Å². The van der Waals surface area contributed by atoms with Crippen molar-refractivity contribution in [3.8, 4) is 5.06 Å². The van der Waals surface area contributed by atoms with Gasteiger partial charge in [-0.25, -0.2) is 0 Å². The van der Waals surface area contributed by atoms with Crippen molar-refractivity contribution in [1.29, 1.82) is 0 Å². The average Bonchev–Trinajstić information content (AvgIpc) is 2.34. The lowest BCUT2D eigenvalue weighted by molar-refractivity contribution is -0.136. The van der Waals surface area contributed by atoms with Crippen LogP contribution in [0.25, 0.3) is 0 Å². The van der Waals surface area contributed by atoms with Crippen molar-refractivity contribution >= 4 is 17.3 Å². The van der Waals surface area contributed by atoms with E-state index in [4.69, 9.17) is 9.84 Å². The molecule has 0 saturated carbocycles. The molecule has 0 atom stereocenters. The lowest BCUT2D eigenvalue weighted by atomic mass is 10.2. The molecule has 0 bridgehead atoms. The maximum atomic E-state index is 10.2. The van der Waals surface area contributed by atoms with E-state index in [-0.39, 0.29) is 6.42 Å². The van der Waals surface area contributed by atoms with Crippen LogP contribution in [-0.4, -0.2) is 18.2 Å². The van der Waals surface area contributed by atoms with Crippen LogP contribution >= 0.6 is 11.3 Å². The van der Waals surface area contributed by atoms with Crippen LogP contribution < -0.4 is 4.74 Å². The minimum absolute atomic E-state index is 0.0693. The summed E-state index contributed by atoms with van der Waals surface area (Å²) in [5.74, 6) is -0.814. The van der Waals surface area contributed by atoms with E-state index >= 15 is 0 Å². The molecule has 1 rings (SSSR count). The van der Waals surface area contributed by atoms with Gasteiger partial charge in [-0.3, -0.25) is 4.79 Å². The predicted molar refractivity (Wildman–Crippen MR) is 42.2 cm³/mol. The molecule has 0 fully saturated rings. The van der Waals surface area contributed by atoms with Crippen molar-refractivity contribution in [3.63, 3.8) is 0 Å². The van der Waals surface area contributed by atoms with Gasteiger partial charge in [0.2, 0.25) is 0 Å². The minimum atomic E-state index is -0.814. The fraction of sp³-hybridized carbons (Fsp3) is 0.286. The number of aliphatic carboxylic acids is 1. The van der Waals surface area contributed by atoms with Gasteiger partial charge in [0, 0.05) is 0 Å². The number of thiophene rings is 1. The summed E-state index contributed by atoms with van der Waals surface area (Å²) in [7, 11) is 1.57. The Hall–Kier alpha value is -1.03. The Bertz CT molecular complexity index is 254. The van der Waals surface area contributed by atoms with Crippen LogP contribution in [0.1, 0.15) is 5.56 Å². The van der Waals surface area contributed by atoms with Gasteiger partial charge in [0.25, 0.3) is 0 Å². The molecule has 0 spiro atoms. The predicted octanol–water partition coefficient (Wildman–Crippen LogP) is 1.38. The number of methoxy groups -OCH3 is 1. The lowest BCUT2D eigenvalue weighted by Crippen LogP contribution is -1.97. The molecular formula is C7H8O3S. The second kappa shape index (κ2) is 3.39. The van der Waals surface area contributed by atoms with E-state index in [1.807, 2.05) is 0 Å². The molecule has 0 aliphatic carbocycles. The van der Waals surface area contributed by atoms with E-state index < -0.39 is 5.97 Å². The van der Waals surface area contributed by atoms with Gasteiger partial charge < -0.3 is 9.84 Å². The van der Waals surface area contributed by atoms with Crippen molar-refractivity contribution in [2.24, 2.45) is 0 Å². The first-order valence-corrected chi connectivity index (χ1v) is 3.93. The summed E-state index contributed by atoms with van der Waals surface area (Å²) >= 11 is 1.41. The summed E-state index contributed by atoms with van der Waals surface area (Å²) in [6.45, 7) is 0. The molecule has 0 aliphatic heterocycles. The number of carboxylic acid groups (broad SMARTS) is 1. The molecule has 1 N–H and O–H groups in total. The summed E-state index contributed by atoms with van der Waals surface area (Å²) in [6, 6.07) is 1.73. The number of hydrogen-bond acceptors (Lipinski definition) is 3. The zero-order valence-electron chi connectivity index (χ0n) is 6.03. The topological polar surface area (TPSA) is 46.5 Å². The standard InChI is InChI=1S/C7H8O3S/c1-10-7-3-5(4-11-7)2-6(8)9/h3-4H,2H2,1H3,(H,8,9). The van der Waals surface area contributed by atoms with Crippen molar-refractivity contribution < 1.29 is 14.6 Å². The normalized spacial score (nSPS) is 9.55. The maximum Gasteiger partial charge on any atom is 0.307 e. The first-order chi connectivity index (χ1) is 5.22. The quantitative estimate of drug-likeness (QED) is 0.749. The molecule has 0 unspecified atom stereocenters. The number of carboxylic acids is 1. The van der Waals surface area contributed by atoms with Crippen LogP contribution in [0.2, 0.25) is 0 Å². The zero-order valence-corrected chi connectivity index (χ0v) is 6.85. The van der Waals surface area contributed by atoms with Crippen molar-refractivity contribution in [2.75, 3.05) is 7.11 Å². The van der Waals surface area contributed by atoms with Crippen LogP contribution in [-0.2, 0) is 11.2 Å². The molecule has 0 amide bonds. The Morgan fingerprint density at radius 3 is 3.00 bits per heavy atom. The lowest BCUT2D eigenvalue weighted by Gasteiger charge is -1.89. The Morgan fingerprint density at radius 1 is 1.82 bits per heavy atom. The van der Waals surface area contributed by atoms with Crippen molar-refractivity contribution in [2.45, 2.75) is 6.42 Å². The fourth-order valence-electron chi connectivity index (χ4n) is 0.728. The van der Waals surface area contributed by atoms with E-state index in [0.29, 0.717) is 0 Å². The molecule has 1 aromatic heterocycles. The Morgan fingerprint density at radius 2 is 2.55 bits per heavy atom. The third kappa shape index (κ3) is 2.23. The average molecular weight is 172 g/mol. The number of rotatable bonds is 3. The summed E-state index contributed by atoms with van der Waals surface area (Å²) < 4.78 is 4.90. The van der Waals surface area contributed by atoms with Gasteiger partial charge in [0.05, 0.1) is 13.5 Å². The van der Waals surface area contributed by atoms with E-state index in [0.717, 1.165) is 10.6 Å². The number of hydrogen-bond donors (Lipinski definition) is 1. The molecule has 11 heavy (non-hydrogen) atoms. The van der Waals surface area contributed by atoms with Gasteiger partial charge >= 0.3 is 5.97 Å². The summed E-state index contributed by atoms with van der Waals surface area (Å²) in [5.41, 5.74) is 0.791. The van der Waals surface area contributed by atoms with Crippen LogP contribution in [0.15, 0.2) is 11.4 Å². The highest BCUT2D eigenvalue weighted by Gasteiger charge is 2.03. The molecule has 1 heterocycles. The van der Waals surface area contributed by atoms with E-state index in [9.17, 15) is 4.79 Å². The minimum Gasteiger partial charge on any atom is -0.487 e. The van der Waals surface area contributed by atoms with Crippen LogP contribution in [0.5, 0.6) is 5.06 Å². The molecule has 1 aromatic rings. The molecule has 4 heteroatoms. The van der Waals surface area contributed by atoms with Gasteiger partial charge in [-0.2, -0.15) is 0 Å². The third-order valence-corrected chi connectivity index (χ3v) is 2.12. The highest BCUT2D eigenvalue weighted by atomic mass is 32.1. The van der Waals surface area contributed by atoms with Crippen LogP contribution in [0.4, 0.5) is 0 Å². The van der Waals surface area contributed by atoms with Crippen LogP contribution in [0.3, 0.4) is 0 Å². The first kappa shape index (κ1) is 8.07. The molecule has 0 aromatic carbocycles. The summed E-state index contributed by atoms with van der Waals surface area (Å²) in [5, 5.41) is 10.9. The smallest absolute Gasteiger partial charge is 0.307 e. The molecule has 0 aliphatic rings. The van der Waals surface area contributed by atoms with Gasteiger partial charge in [0.1, 0.15) is 0 Å². The largest absolute Gasteiger partial charge is 0.487 e. The second-order valence-electron chi connectivity index (χ2n) is 2.05. The third-order valence-electron chi connectivity index (χ3n) is 1.19. The first-order valence-electron chi connectivity index (χ1n) is 3.05. The van der Waals surface area contributed by atoms with Gasteiger partial charge in [0.15, 0.2) is 5.06 Å². The van der Waals surface area contributed by atoms with Crippen LogP contribution in [0, 0.1) is 0 Å². The zero-order chi connectivity index (χ0) is 8.27. The Labute approximate surface area is 68.2 Å². The van der Waals surface area contributed by atoms with Gasteiger partial charge in [-0.1, -0.05) is 0 Å². The van der Waals surface area contributed by atoms with E-state index in [1.165, 1.54) is 11.3 Å². The Balaban J connectivity index is 2.65. The number of ether oxygens (including phenoxy) is 1. The van der Waals surface area contributed by atoms with E-state index in [2.05, 4.69) is 0 Å². The molecule has 60 valence electrons. The maximum absolute atomic E-state index is 10.2. The second-order valence-corrected chi connectivity index (χ2v) is 2.92. The Kier molecular flexibility index (Phi) is 2.48. The molecule has 3 nitrogen and oxygen atoms in total. The summed E-state index contributed by atoms with van der Waals surface area (Å²) in [6.07, 6.45) is 0.0693.